The van der Waals surface area contributed by atoms with E-state index in [-0.39, 0.29) is 36.0 Å². The number of nitrogens with zero attached hydrogens (tertiary/aromatic N) is 4. The van der Waals surface area contributed by atoms with E-state index in [1.165, 1.54) is 0 Å². The molecule has 0 radical (unpaired) electrons. The van der Waals surface area contributed by atoms with E-state index >= 15 is 0 Å². The predicted octanol–water partition coefficient (Wildman–Crippen LogP) is 3.79. The Morgan fingerprint density at radius 2 is 1.77 bits per heavy atom. The van der Waals surface area contributed by atoms with Crippen molar-refractivity contribution < 1.29 is 37.4 Å². The first-order valence-electron chi connectivity index (χ1n) is 13.6. The van der Waals surface area contributed by atoms with Gasteiger partial charge in [-0.15, -0.1) is 0 Å². The molecule has 2 aromatic rings. The average Bonchev–Trinajstić information content (AvgIpc) is 3.24. The zero-order valence-corrected chi connectivity index (χ0v) is 25.3. The van der Waals surface area contributed by atoms with E-state index in [0.29, 0.717) is 36.4 Å². The maximum absolute atomic E-state index is 13.6. The molecule has 2 heterocycles. The molecular weight excluding hydrogens is 581 g/mol. The number of nitriles is 1. The number of fused-ring (bicyclic) bond motifs is 2. The van der Waals surface area contributed by atoms with Crippen LogP contribution in [0.2, 0.25) is 0 Å². The number of hydrogen-bond donors (Lipinski definition) is 3. The molecule has 0 fully saturated rings. The molecule has 0 saturated heterocycles. The van der Waals surface area contributed by atoms with Crippen LogP contribution in [0.3, 0.4) is 0 Å². The van der Waals surface area contributed by atoms with Gasteiger partial charge in [0.05, 0.1) is 30.4 Å². The third kappa shape index (κ3) is 7.21. The van der Waals surface area contributed by atoms with E-state index < -0.39 is 12.1 Å². The number of benzene rings is 2. The van der Waals surface area contributed by atoms with Crippen molar-refractivity contribution >= 4 is 34.9 Å². The number of aliphatic carboxylic acids is 1. The van der Waals surface area contributed by atoms with Crippen LogP contribution in [0, 0.1) is 16.7 Å². The summed E-state index contributed by atoms with van der Waals surface area (Å²) >= 11 is 0. The van der Waals surface area contributed by atoms with Gasteiger partial charge in [-0.2, -0.15) is 18.4 Å². The molecule has 44 heavy (non-hydrogen) atoms. The largest absolute Gasteiger partial charge is 0.490 e. The molecule has 0 unspecified atom stereocenters. The molecule has 0 atom stereocenters. The number of anilines is 2. The zero-order valence-electron chi connectivity index (χ0n) is 25.3. The first kappa shape index (κ1) is 33.7. The predicted molar refractivity (Wildman–Crippen MR) is 158 cm³/mol. The molecule has 0 bridgehead atoms. The number of carbonyl (C=O) groups is 3. The third-order valence-corrected chi connectivity index (χ3v) is 7.09. The standard InChI is InChI=1S/C28H34N6O3.C2HF3O2/c1-28(2,3)21-11-17(12-23-25(21)37-10-9-33(23)8-7-29)24(35)16-34-15-18-13-22(32(5)6)20(27(36)31-4)14-19(18)26(34)30;3-2(4,5)1(6)7/h11-14,30H,8-10,15-16H2,1-6H3,(H,31,36);(H,6,7). The first-order chi connectivity index (χ1) is 20.4. The lowest BCUT2D eigenvalue weighted by Crippen LogP contribution is -2.35. The summed E-state index contributed by atoms with van der Waals surface area (Å²) in [6, 6.07) is 9.57. The number of alkyl halides is 3. The summed E-state index contributed by atoms with van der Waals surface area (Å²) in [5.74, 6) is -2.14. The molecule has 2 aliphatic rings. The topological polar surface area (TPSA) is 150 Å². The number of halogens is 3. The van der Waals surface area contributed by atoms with Crippen LogP contribution < -0.4 is 19.9 Å². The second-order valence-corrected chi connectivity index (χ2v) is 11.5. The molecular formula is C30H35F3N6O5. The van der Waals surface area contributed by atoms with Crippen molar-refractivity contribution in [3.05, 3.63) is 52.1 Å². The zero-order chi connectivity index (χ0) is 33.1. The molecule has 11 nitrogen and oxygen atoms in total. The number of rotatable bonds is 6. The minimum Gasteiger partial charge on any atom is -0.489 e. The molecule has 0 spiro atoms. The Hall–Kier alpha value is -4.80. The van der Waals surface area contributed by atoms with Crippen molar-refractivity contribution in [2.45, 2.75) is 38.9 Å². The average molecular weight is 617 g/mol. The van der Waals surface area contributed by atoms with E-state index in [2.05, 4.69) is 32.2 Å². The third-order valence-electron chi connectivity index (χ3n) is 7.09. The Morgan fingerprint density at radius 3 is 2.30 bits per heavy atom. The summed E-state index contributed by atoms with van der Waals surface area (Å²) in [5.41, 5.74) is 4.75. The van der Waals surface area contributed by atoms with Gasteiger partial charge < -0.3 is 29.9 Å². The lowest BCUT2D eigenvalue weighted by Gasteiger charge is -2.34. The van der Waals surface area contributed by atoms with Gasteiger partial charge in [0.15, 0.2) is 5.78 Å². The highest BCUT2D eigenvalue weighted by atomic mass is 19.4. The highest BCUT2D eigenvalue weighted by molar-refractivity contribution is 6.08. The van der Waals surface area contributed by atoms with Crippen LogP contribution in [0.25, 0.3) is 0 Å². The number of nitrogens with one attached hydrogen (secondary N) is 2. The number of amidine groups is 1. The maximum Gasteiger partial charge on any atom is 0.490 e. The van der Waals surface area contributed by atoms with Crippen molar-refractivity contribution in [1.29, 1.82) is 10.7 Å². The number of carboxylic acid groups (broad SMARTS) is 1. The van der Waals surface area contributed by atoms with Gasteiger partial charge in [0.1, 0.15) is 24.7 Å². The molecule has 0 aliphatic carbocycles. The Morgan fingerprint density at radius 1 is 1.14 bits per heavy atom. The van der Waals surface area contributed by atoms with Gasteiger partial charge in [0.2, 0.25) is 0 Å². The Kier molecular flexibility index (Phi) is 9.82. The maximum atomic E-state index is 13.6. The van der Waals surface area contributed by atoms with E-state index in [1.54, 1.807) is 18.0 Å². The monoisotopic (exact) mass is 616 g/mol. The second-order valence-electron chi connectivity index (χ2n) is 11.5. The van der Waals surface area contributed by atoms with Gasteiger partial charge >= 0.3 is 12.1 Å². The number of ketones is 1. The van der Waals surface area contributed by atoms with Gasteiger partial charge in [-0.3, -0.25) is 15.0 Å². The Bertz CT molecular complexity index is 1520. The van der Waals surface area contributed by atoms with E-state index in [0.717, 1.165) is 28.3 Å². The Labute approximate surface area is 253 Å². The van der Waals surface area contributed by atoms with Crippen LogP contribution in [0.15, 0.2) is 24.3 Å². The van der Waals surface area contributed by atoms with Gasteiger partial charge in [-0.1, -0.05) is 20.8 Å². The van der Waals surface area contributed by atoms with Crippen molar-refractivity contribution in [3.8, 4) is 11.8 Å². The molecule has 1 amide bonds. The SMILES string of the molecule is CNC(=O)c1cc2c(cc1N(C)C)CN(CC(=O)c1cc3c(c(C(C)(C)C)c1)OCCN3CC#N)C2=N.O=C(O)C(F)(F)F. The molecule has 2 aromatic carbocycles. The van der Waals surface area contributed by atoms with Crippen LogP contribution in [-0.4, -0.2) is 87.1 Å². The number of hydrogen-bond acceptors (Lipinski definition) is 8. The van der Waals surface area contributed by atoms with E-state index in [1.807, 2.05) is 42.1 Å². The molecule has 0 aromatic heterocycles. The first-order valence-corrected chi connectivity index (χ1v) is 13.6. The fourth-order valence-electron chi connectivity index (χ4n) is 4.87. The number of ether oxygens (including phenoxy) is 1. The quantitative estimate of drug-likeness (QED) is 0.325. The van der Waals surface area contributed by atoms with E-state index in [4.69, 9.17) is 20.0 Å². The Balaban J connectivity index is 0.000000676. The second kappa shape index (κ2) is 12.8. The van der Waals surface area contributed by atoms with Crippen LogP contribution in [0.4, 0.5) is 24.5 Å². The summed E-state index contributed by atoms with van der Waals surface area (Å²) < 4.78 is 37.7. The van der Waals surface area contributed by atoms with E-state index in [9.17, 15) is 28.0 Å². The molecule has 4 rings (SSSR count). The lowest BCUT2D eigenvalue weighted by atomic mass is 9.84. The normalized spacial score (nSPS) is 14.0. The number of carbonyl (C=O) groups excluding carboxylic acids is 2. The summed E-state index contributed by atoms with van der Waals surface area (Å²) in [6.45, 7) is 7.94. The minimum atomic E-state index is -5.08. The summed E-state index contributed by atoms with van der Waals surface area (Å²) in [7, 11) is 5.33. The molecule has 236 valence electrons. The molecule has 14 heteroatoms. The number of carboxylic acids is 1. The highest BCUT2D eigenvalue weighted by Crippen LogP contribution is 2.42. The summed E-state index contributed by atoms with van der Waals surface area (Å²) in [6.07, 6.45) is -5.08. The van der Waals surface area contributed by atoms with Crippen molar-refractivity contribution in [3.63, 3.8) is 0 Å². The molecule has 3 N–H and O–H groups in total. The minimum absolute atomic E-state index is 0.0294. The van der Waals surface area contributed by atoms with Gasteiger partial charge in [0, 0.05) is 50.1 Å². The van der Waals surface area contributed by atoms with Crippen molar-refractivity contribution in [2.75, 3.05) is 57.2 Å². The lowest BCUT2D eigenvalue weighted by molar-refractivity contribution is -0.192. The number of Topliss-reactive ketones (excluding diaryl/α,β-unsaturated/α-hetero) is 1. The van der Waals surface area contributed by atoms with Crippen molar-refractivity contribution in [2.24, 2.45) is 0 Å². The van der Waals surface area contributed by atoms with Crippen molar-refractivity contribution in [1.82, 2.24) is 10.2 Å². The highest BCUT2D eigenvalue weighted by Gasteiger charge is 2.38. The summed E-state index contributed by atoms with van der Waals surface area (Å²) in [5, 5.41) is 27.9. The molecule has 2 aliphatic heterocycles. The van der Waals surface area contributed by atoms with Crippen LogP contribution in [0.1, 0.15) is 58.2 Å². The summed E-state index contributed by atoms with van der Waals surface area (Å²) in [4.78, 5) is 40.5. The molecule has 0 saturated carbocycles. The van der Waals surface area contributed by atoms with Gasteiger partial charge in [-0.05, 0) is 35.2 Å². The van der Waals surface area contributed by atoms with Crippen LogP contribution >= 0.6 is 0 Å². The fourth-order valence-corrected chi connectivity index (χ4v) is 4.87. The fraction of sp³-hybridized carbons (Fsp3) is 0.433. The van der Waals surface area contributed by atoms with Crippen LogP contribution in [0.5, 0.6) is 5.75 Å². The van der Waals surface area contributed by atoms with Gasteiger partial charge in [-0.25, -0.2) is 4.79 Å². The van der Waals surface area contributed by atoms with Gasteiger partial charge in [0.25, 0.3) is 5.91 Å². The smallest absolute Gasteiger partial charge is 0.489 e. The number of amides is 1. The van der Waals surface area contributed by atoms with Crippen LogP contribution in [-0.2, 0) is 16.8 Å².